The zero-order valence-corrected chi connectivity index (χ0v) is 20.1. The molecule has 0 saturated carbocycles. The number of hydrogen-bond acceptors (Lipinski definition) is 3. The minimum absolute atomic E-state index is 0. The molecule has 0 aromatic rings. The van der Waals surface area contributed by atoms with Crippen molar-refractivity contribution in [2.75, 3.05) is 39.5 Å². The Bertz CT molecular complexity index is 384. The first kappa shape index (κ1) is 25.9. The van der Waals surface area contributed by atoms with E-state index in [0.29, 0.717) is 11.8 Å². The van der Waals surface area contributed by atoms with Gasteiger partial charge in [0.15, 0.2) is 5.96 Å². The average Bonchev–Trinajstić information content (AvgIpc) is 2.54. The van der Waals surface area contributed by atoms with Crippen molar-refractivity contribution in [3.63, 3.8) is 0 Å². The van der Waals surface area contributed by atoms with Gasteiger partial charge < -0.3 is 20.1 Å². The van der Waals surface area contributed by atoms with Crippen LogP contribution < -0.4 is 10.6 Å². The zero-order chi connectivity index (χ0) is 18.7. The molecule has 0 amide bonds. The smallest absolute Gasteiger partial charge is 0.191 e. The van der Waals surface area contributed by atoms with E-state index in [4.69, 9.17) is 14.5 Å². The molecule has 0 aromatic heterocycles. The van der Waals surface area contributed by atoms with Gasteiger partial charge in [-0.2, -0.15) is 0 Å². The molecule has 5 nitrogen and oxygen atoms in total. The van der Waals surface area contributed by atoms with Crippen LogP contribution in [0, 0.1) is 17.3 Å². The summed E-state index contributed by atoms with van der Waals surface area (Å²) in [4.78, 5) is 4.82. The predicted octanol–water partition coefficient (Wildman–Crippen LogP) is 4.06. The number of rotatable bonds is 9. The molecule has 0 bridgehead atoms. The molecule has 2 N–H and O–H groups in total. The summed E-state index contributed by atoms with van der Waals surface area (Å²) in [7, 11) is 0. The lowest BCUT2D eigenvalue weighted by molar-refractivity contribution is -0.0823. The van der Waals surface area contributed by atoms with E-state index in [0.717, 1.165) is 58.3 Å². The molecule has 1 heterocycles. The Hall–Kier alpha value is -0.0800. The molecule has 0 aromatic carbocycles. The molecule has 6 heteroatoms. The highest BCUT2D eigenvalue weighted by Gasteiger charge is 2.35. The Morgan fingerprint density at radius 1 is 1.27 bits per heavy atom. The maximum Gasteiger partial charge on any atom is 0.191 e. The molecule has 1 aliphatic rings. The molecule has 0 radical (unpaired) electrons. The third kappa shape index (κ3) is 10.9. The summed E-state index contributed by atoms with van der Waals surface area (Å²) < 4.78 is 11.7. The quantitative estimate of drug-likeness (QED) is 0.225. The van der Waals surface area contributed by atoms with Crippen molar-refractivity contribution in [2.45, 2.75) is 66.9 Å². The van der Waals surface area contributed by atoms with Crippen molar-refractivity contribution in [2.24, 2.45) is 22.2 Å². The first-order chi connectivity index (χ1) is 11.8. The van der Waals surface area contributed by atoms with Gasteiger partial charge in [-0.3, -0.25) is 4.99 Å². The summed E-state index contributed by atoms with van der Waals surface area (Å²) in [5, 5.41) is 6.76. The van der Waals surface area contributed by atoms with Gasteiger partial charge in [0, 0.05) is 45.4 Å². The van der Waals surface area contributed by atoms with E-state index in [1.165, 1.54) is 6.42 Å². The Balaban J connectivity index is 0.00000625. The van der Waals surface area contributed by atoms with Crippen molar-refractivity contribution in [3.8, 4) is 0 Å². The van der Waals surface area contributed by atoms with Crippen LogP contribution in [0.3, 0.4) is 0 Å². The van der Waals surface area contributed by atoms with E-state index < -0.39 is 0 Å². The van der Waals surface area contributed by atoms with Crippen LogP contribution in [0.2, 0.25) is 0 Å². The highest BCUT2D eigenvalue weighted by atomic mass is 127. The van der Waals surface area contributed by atoms with Crippen molar-refractivity contribution >= 4 is 29.9 Å². The van der Waals surface area contributed by atoms with Crippen LogP contribution in [0.25, 0.3) is 0 Å². The Morgan fingerprint density at radius 3 is 2.62 bits per heavy atom. The standard InChI is InChI=1S/C20H41N3O2.HI/c1-7-21-19(22-11-9-12-24-15-16(2)3)23-14-17-10-8-13-25-18(17)20(4,5)6;/h16-18H,7-15H2,1-6H3,(H2,21,22,23);1H. The number of guanidine groups is 1. The molecule has 26 heavy (non-hydrogen) atoms. The van der Waals surface area contributed by atoms with Gasteiger partial charge in [0.2, 0.25) is 0 Å². The minimum Gasteiger partial charge on any atom is -0.381 e. The summed E-state index contributed by atoms with van der Waals surface area (Å²) >= 11 is 0. The average molecular weight is 483 g/mol. The van der Waals surface area contributed by atoms with E-state index >= 15 is 0 Å². The predicted molar refractivity (Wildman–Crippen MR) is 122 cm³/mol. The number of nitrogens with zero attached hydrogens (tertiary/aromatic N) is 1. The lowest BCUT2D eigenvalue weighted by Gasteiger charge is -2.39. The Labute approximate surface area is 178 Å². The molecular formula is C20H42IN3O2. The minimum atomic E-state index is 0. The third-order valence-electron chi connectivity index (χ3n) is 4.34. The maximum atomic E-state index is 6.07. The van der Waals surface area contributed by atoms with Gasteiger partial charge in [-0.15, -0.1) is 24.0 Å². The van der Waals surface area contributed by atoms with Crippen molar-refractivity contribution < 1.29 is 9.47 Å². The van der Waals surface area contributed by atoms with Crippen LogP contribution in [0.4, 0.5) is 0 Å². The van der Waals surface area contributed by atoms with Gasteiger partial charge in [0.1, 0.15) is 0 Å². The van der Waals surface area contributed by atoms with Crippen LogP contribution in [0.5, 0.6) is 0 Å². The molecule has 2 unspecified atom stereocenters. The first-order valence-corrected chi connectivity index (χ1v) is 10.1. The van der Waals surface area contributed by atoms with Crippen molar-refractivity contribution in [3.05, 3.63) is 0 Å². The number of ether oxygens (including phenoxy) is 2. The Morgan fingerprint density at radius 2 is 2.00 bits per heavy atom. The van der Waals surface area contributed by atoms with E-state index in [1.807, 2.05) is 0 Å². The summed E-state index contributed by atoms with van der Waals surface area (Å²) in [6.45, 7) is 18.3. The van der Waals surface area contributed by atoms with Crippen molar-refractivity contribution in [1.29, 1.82) is 0 Å². The molecule has 1 saturated heterocycles. The second-order valence-electron chi connectivity index (χ2n) is 8.53. The molecule has 156 valence electrons. The summed E-state index contributed by atoms with van der Waals surface area (Å²) in [5.74, 6) is 2.00. The van der Waals surface area contributed by atoms with E-state index in [9.17, 15) is 0 Å². The van der Waals surface area contributed by atoms with Gasteiger partial charge in [0.25, 0.3) is 0 Å². The molecule has 1 aliphatic heterocycles. The largest absolute Gasteiger partial charge is 0.381 e. The number of aliphatic imine (C=N–C) groups is 1. The lowest BCUT2D eigenvalue weighted by Crippen LogP contribution is -2.43. The maximum absolute atomic E-state index is 6.07. The van der Waals surface area contributed by atoms with Crippen LogP contribution in [-0.4, -0.2) is 51.5 Å². The SMILES string of the molecule is CCNC(=NCC1CCCOC1C(C)(C)C)NCCCOCC(C)C.I. The third-order valence-corrected chi connectivity index (χ3v) is 4.34. The monoisotopic (exact) mass is 483 g/mol. The number of halogens is 1. The second kappa shape index (κ2) is 14.0. The highest BCUT2D eigenvalue weighted by Crippen LogP contribution is 2.34. The van der Waals surface area contributed by atoms with Gasteiger partial charge >= 0.3 is 0 Å². The van der Waals surface area contributed by atoms with E-state index in [1.54, 1.807) is 0 Å². The van der Waals surface area contributed by atoms with Gasteiger partial charge in [-0.05, 0) is 37.5 Å². The van der Waals surface area contributed by atoms with Gasteiger partial charge in [-0.25, -0.2) is 0 Å². The highest BCUT2D eigenvalue weighted by molar-refractivity contribution is 14.0. The van der Waals surface area contributed by atoms with Crippen LogP contribution in [0.1, 0.15) is 60.8 Å². The molecule has 0 aliphatic carbocycles. The molecule has 1 rings (SSSR count). The van der Waals surface area contributed by atoms with Crippen LogP contribution >= 0.6 is 24.0 Å². The topological polar surface area (TPSA) is 54.9 Å². The zero-order valence-electron chi connectivity index (χ0n) is 17.8. The van der Waals surface area contributed by atoms with E-state index in [2.05, 4.69) is 52.2 Å². The normalized spacial score (nSPS) is 21.4. The summed E-state index contributed by atoms with van der Waals surface area (Å²) in [6, 6.07) is 0. The number of hydrogen-bond donors (Lipinski definition) is 2. The van der Waals surface area contributed by atoms with Crippen LogP contribution in [-0.2, 0) is 9.47 Å². The lowest BCUT2D eigenvalue weighted by atomic mass is 9.78. The first-order valence-electron chi connectivity index (χ1n) is 10.1. The summed E-state index contributed by atoms with van der Waals surface area (Å²) in [6.07, 6.45) is 3.63. The second-order valence-corrected chi connectivity index (χ2v) is 8.53. The van der Waals surface area contributed by atoms with Crippen molar-refractivity contribution in [1.82, 2.24) is 10.6 Å². The molecule has 2 atom stereocenters. The van der Waals surface area contributed by atoms with Gasteiger partial charge in [0.05, 0.1) is 6.10 Å². The Kier molecular flexibility index (Phi) is 14.0. The fourth-order valence-corrected chi connectivity index (χ4v) is 3.24. The van der Waals surface area contributed by atoms with Crippen LogP contribution in [0.15, 0.2) is 4.99 Å². The van der Waals surface area contributed by atoms with E-state index in [-0.39, 0.29) is 35.5 Å². The molecular weight excluding hydrogens is 441 g/mol. The summed E-state index contributed by atoms with van der Waals surface area (Å²) in [5.41, 5.74) is 0.167. The van der Waals surface area contributed by atoms with Gasteiger partial charge in [-0.1, -0.05) is 34.6 Å². The fourth-order valence-electron chi connectivity index (χ4n) is 3.24. The fraction of sp³-hybridized carbons (Fsp3) is 0.950. The molecule has 0 spiro atoms. The number of nitrogens with one attached hydrogen (secondary N) is 2. The molecule has 1 fully saturated rings.